The van der Waals surface area contributed by atoms with Gasteiger partial charge in [-0.05, 0) is 59.7 Å². The summed E-state index contributed by atoms with van der Waals surface area (Å²) in [5.74, 6) is -2.30. The Labute approximate surface area is 254 Å². The molecule has 0 fully saturated rings. The maximum Gasteiger partial charge on any atom is 0.422 e. The molecule has 1 unspecified atom stereocenters. The van der Waals surface area contributed by atoms with E-state index in [2.05, 4.69) is 20.7 Å². The first-order chi connectivity index (χ1) is 21.3. The number of ether oxygens (including phenoxy) is 1. The summed E-state index contributed by atoms with van der Waals surface area (Å²) in [5.41, 5.74) is 2.71. The lowest BCUT2D eigenvalue weighted by molar-refractivity contribution is -0.153. The number of benzene rings is 3. The van der Waals surface area contributed by atoms with E-state index < -0.39 is 46.9 Å². The number of hydrogen-bond donors (Lipinski definition) is 3. The van der Waals surface area contributed by atoms with E-state index in [0.717, 1.165) is 23.4 Å². The van der Waals surface area contributed by atoms with Gasteiger partial charge in [-0.25, -0.2) is 17.3 Å². The van der Waals surface area contributed by atoms with Crippen molar-refractivity contribution in [2.45, 2.75) is 17.0 Å². The van der Waals surface area contributed by atoms with E-state index in [1.807, 2.05) is 0 Å². The first-order valence-electron chi connectivity index (χ1n) is 13.2. The zero-order valence-electron chi connectivity index (χ0n) is 23.4. The Bertz CT molecular complexity index is 1960. The Kier molecular flexibility index (Phi) is 8.75. The standard InChI is InChI=1S/C30H25F4N5O5S/c1-45(42,43)23-10-11-25(26(14-23)44-17-30(32,33)34)36-29-37-27-12-7-20(15-39(27)38-29)18-5-8-22(9-6-18)35-28(41)24(16-40)19-3-2-4-21(31)13-19/h2-15,24,40H,16-17H2,1H3,(H,35,41)(H,36,38). The molecule has 2 heterocycles. The van der Waals surface area contributed by atoms with Gasteiger partial charge in [0.05, 0.1) is 23.1 Å². The average molecular weight is 644 g/mol. The summed E-state index contributed by atoms with van der Waals surface area (Å²) in [7, 11) is -3.71. The minimum atomic E-state index is -4.65. The van der Waals surface area contributed by atoms with Crippen molar-refractivity contribution in [2.75, 3.05) is 30.1 Å². The summed E-state index contributed by atoms with van der Waals surface area (Å²) in [6, 6.07) is 19.2. The van der Waals surface area contributed by atoms with Gasteiger partial charge in [0.1, 0.15) is 11.6 Å². The van der Waals surface area contributed by atoms with Crippen molar-refractivity contribution in [1.29, 1.82) is 0 Å². The Morgan fingerprint density at radius 1 is 1.02 bits per heavy atom. The Morgan fingerprint density at radius 2 is 1.76 bits per heavy atom. The molecule has 0 aliphatic heterocycles. The fourth-order valence-electron chi connectivity index (χ4n) is 4.38. The number of rotatable bonds is 10. The lowest BCUT2D eigenvalue weighted by Crippen LogP contribution is -2.24. The molecule has 0 radical (unpaired) electrons. The second-order valence-electron chi connectivity index (χ2n) is 9.97. The third-order valence-corrected chi connectivity index (χ3v) is 7.70. The molecule has 10 nitrogen and oxygen atoms in total. The zero-order chi connectivity index (χ0) is 32.4. The number of sulfone groups is 1. The van der Waals surface area contributed by atoms with Gasteiger partial charge in [0.25, 0.3) is 0 Å². The Morgan fingerprint density at radius 3 is 2.42 bits per heavy atom. The minimum Gasteiger partial charge on any atom is -0.482 e. The summed E-state index contributed by atoms with van der Waals surface area (Å²) < 4.78 is 82.2. The van der Waals surface area contributed by atoms with Crippen molar-refractivity contribution >= 4 is 38.7 Å². The van der Waals surface area contributed by atoms with Gasteiger partial charge in [-0.3, -0.25) is 4.79 Å². The van der Waals surface area contributed by atoms with Crippen LogP contribution < -0.4 is 15.4 Å². The van der Waals surface area contributed by atoms with Crippen LogP contribution in [-0.2, 0) is 14.6 Å². The van der Waals surface area contributed by atoms with Crippen LogP contribution in [0.4, 0.5) is 34.9 Å². The molecule has 45 heavy (non-hydrogen) atoms. The van der Waals surface area contributed by atoms with Crippen LogP contribution in [0.5, 0.6) is 5.75 Å². The van der Waals surface area contributed by atoms with E-state index in [9.17, 15) is 35.9 Å². The summed E-state index contributed by atoms with van der Waals surface area (Å²) in [4.78, 5) is 16.8. The van der Waals surface area contributed by atoms with Crippen molar-refractivity contribution in [3.05, 3.63) is 96.4 Å². The largest absolute Gasteiger partial charge is 0.482 e. The number of carbonyl (C=O) groups is 1. The van der Waals surface area contributed by atoms with Gasteiger partial charge in [0.15, 0.2) is 22.1 Å². The normalized spacial score (nSPS) is 12.6. The van der Waals surface area contributed by atoms with Crippen molar-refractivity contribution in [3.63, 3.8) is 0 Å². The third-order valence-electron chi connectivity index (χ3n) is 6.59. The molecule has 0 saturated carbocycles. The SMILES string of the molecule is CS(=O)(=O)c1ccc(Nc2nc3ccc(-c4ccc(NC(=O)C(CO)c5cccc(F)c5)cc4)cn3n2)c(OCC(F)(F)F)c1. The molecule has 234 valence electrons. The summed E-state index contributed by atoms with van der Waals surface area (Å²) in [5, 5.41) is 19.5. The van der Waals surface area contributed by atoms with Crippen molar-refractivity contribution in [1.82, 2.24) is 14.6 Å². The fourth-order valence-corrected chi connectivity index (χ4v) is 5.02. The molecule has 15 heteroatoms. The first kappa shape index (κ1) is 31.4. The number of aliphatic hydroxyl groups excluding tert-OH is 1. The van der Waals surface area contributed by atoms with E-state index >= 15 is 0 Å². The molecule has 3 aromatic carbocycles. The highest BCUT2D eigenvalue weighted by Gasteiger charge is 2.29. The molecule has 0 aliphatic rings. The van der Waals surface area contributed by atoms with Gasteiger partial charge in [0, 0.05) is 29.8 Å². The maximum atomic E-state index is 13.6. The highest BCUT2D eigenvalue weighted by molar-refractivity contribution is 7.90. The molecule has 0 spiro atoms. The molecular weight excluding hydrogens is 618 g/mol. The van der Waals surface area contributed by atoms with Gasteiger partial charge in [0.2, 0.25) is 11.9 Å². The van der Waals surface area contributed by atoms with Gasteiger partial charge < -0.3 is 20.5 Å². The van der Waals surface area contributed by atoms with Gasteiger partial charge >= 0.3 is 6.18 Å². The third kappa shape index (κ3) is 7.74. The van der Waals surface area contributed by atoms with Gasteiger partial charge in [-0.15, -0.1) is 5.10 Å². The van der Waals surface area contributed by atoms with E-state index in [1.165, 1.54) is 34.8 Å². The maximum absolute atomic E-state index is 13.6. The first-order valence-corrected chi connectivity index (χ1v) is 15.1. The Balaban J connectivity index is 1.33. The van der Waals surface area contributed by atoms with E-state index in [0.29, 0.717) is 16.9 Å². The highest BCUT2D eigenvalue weighted by Crippen LogP contribution is 2.32. The average Bonchev–Trinajstić information content (AvgIpc) is 3.38. The number of nitrogens with zero attached hydrogens (tertiary/aromatic N) is 3. The van der Waals surface area contributed by atoms with Crippen molar-refractivity contribution in [2.24, 2.45) is 0 Å². The predicted molar refractivity (Wildman–Crippen MR) is 158 cm³/mol. The number of hydrogen-bond acceptors (Lipinski definition) is 8. The predicted octanol–water partition coefficient (Wildman–Crippen LogP) is 5.34. The molecule has 1 atom stereocenters. The zero-order valence-corrected chi connectivity index (χ0v) is 24.2. The van der Waals surface area contributed by atoms with E-state index in [4.69, 9.17) is 4.74 Å². The molecule has 0 aliphatic carbocycles. The number of aliphatic hydroxyl groups is 1. The second kappa shape index (κ2) is 12.5. The Hall–Kier alpha value is -5.02. The van der Waals surface area contributed by atoms with Crippen LogP contribution in [0.15, 0.2) is 90.0 Å². The van der Waals surface area contributed by atoms with Gasteiger partial charge in [-0.2, -0.15) is 18.2 Å². The van der Waals surface area contributed by atoms with Crippen LogP contribution in [0.2, 0.25) is 0 Å². The number of carbonyl (C=O) groups excluding carboxylic acids is 1. The van der Waals surface area contributed by atoms with Crippen LogP contribution in [0.3, 0.4) is 0 Å². The number of alkyl halides is 3. The molecular formula is C30H25F4N5O5S. The quantitative estimate of drug-likeness (QED) is 0.174. The molecule has 3 N–H and O–H groups in total. The van der Waals surface area contributed by atoms with E-state index in [1.54, 1.807) is 48.7 Å². The summed E-state index contributed by atoms with van der Waals surface area (Å²) in [6.07, 6.45) is -2.05. The van der Waals surface area contributed by atoms with Crippen LogP contribution in [0, 0.1) is 5.82 Å². The number of anilines is 3. The molecule has 5 aromatic rings. The van der Waals surface area contributed by atoms with Gasteiger partial charge in [-0.1, -0.05) is 24.3 Å². The smallest absolute Gasteiger partial charge is 0.422 e. The monoisotopic (exact) mass is 643 g/mol. The van der Waals surface area contributed by atoms with E-state index in [-0.39, 0.29) is 22.3 Å². The van der Waals surface area contributed by atoms with Crippen molar-refractivity contribution in [3.8, 4) is 16.9 Å². The summed E-state index contributed by atoms with van der Waals surface area (Å²) >= 11 is 0. The lowest BCUT2D eigenvalue weighted by Gasteiger charge is -2.15. The summed E-state index contributed by atoms with van der Waals surface area (Å²) in [6.45, 7) is -2.13. The van der Waals surface area contributed by atoms with Crippen molar-refractivity contribution < 1.29 is 40.6 Å². The fraction of sp³-hybridized carbons (Fsp3) is 0.167. The lowest BCUT2D eigenvalue weighted by atomic mass is 9.99. The number of pyridine rings is 1. The molecule has 2 aromatic heterocycles. The molecule has 0 bridgehead atoms. The van der Waals surface area contributed by atoms with Crippen LogP contribution in [0.1, 0.15) is 11.5 Å². The number of amides is 1. The second-order valence-corrected chi connectivity index (χ2v) is 12.0. The number of aromatic nitrogens is 3. The minimum absolute atomic E-state index is 0.0194. The number of halogens is 4. The molecule has 5 rings (SSSR count). The number of fused-ring (bicyclic) bond motifs is 1. The van der Waals surface area contributed by atoms with Crippen LogP contribution >= 0.6 is 0 Å². The molecule has 0 saturated heterocycles. The highest BCUT2D eigenvalue weighted by atomic mass is 32.2. The molecule has 1 amide bonds. The van der Waals surface area contributed by atoms with Crippen LogP contribution in [-0.4, -0.2) is 59.7 Å². The van der Waals surface area contributed by atoms with Crippen LogP contribution in [0.25, 0.3) is 16.8 Å². The topological polar surface area (TPSA) is 135 Å². The number of nitrogens with one attached hydrogen (secondary N) is 2.